The van der Waals surface area contributed by atoms with E-state index in [0.717, 1.165) is 16.5 Å². The lowest BCUT2D eigenvalue weighted by Crippen LogP contribution is -2.62. The molecule has 0 spiro atoms. The maximum absolute atomic E-state index is 15.0. The number of unbranched alkanes of at least 4 members (excludes halogenated alkanes) is 4. The van der Waals surface area contributed by atoms with Crippen molar-refractivity contribution in [3.8, 4) is 0 Å². The minimum atomic E-state index is -1.36. The summed E-state index contributed by atoms with van der Waals surface area (Å²) < 4.78 is 0. The molecule has 4 aromatic rings. The van der Waals surface area contributed by atoms with Crippen molar-refractivity contribution in [3.63, 3.8) is 0 Å². The van der Waals surface area contributed by atoms with Gasteiger partial charge in [0.1, 0.15) is 66.5 Å². The fourth-order valence-electron chi connectivity index (χ4n) is 12.7. The van der Waals surface area contributed by atoms with Crippen molar-refractivity contribution in [2.75, 3.05) is 26.2 Å². The van der Waals surface area contributed by atoms with Gasteiger partial charge in [0.05, 0.1) is 0 Å². The number of nitrogens with one attached hydrogen (secondary N) is 12. The second-order valence-corrected chi connectivity index (χ2v) is 30.2. The molecular weight excluding hydrogens is 1390 g/mol. The van der Waals surface area contributed by atoms with E-state index >= 15 is 4.79 Å². The monoisotopic (exact) mass is 1520 g/mol. The van der Waals surface area contributed by atoms with E-state index in [9.17, 15) is 52.7 Å². The minimum Gasteiger partial charge on any atom is -0.368 e. The number of rotatable bonds is 52. The largest absolute Gasteiger partial charge is 0.368 e. The third-order valence-corrected chi connectivity index (χ3v) is 19.1. The number of hydrogen-bond acceptors (Lipinski definition) is 16. The quantitative estimate of drug-likeness (QED) is 0.0282. The van der Waals surface area contributed by atoms with Gasteiger partial charge in [0.25, 0.3) is 5.91 Å². The van der Waals surface area contributed by atoms with Crippen LogP contribution in [0.3, 0.4) is 0 Å². The molecule has 0 bridgehead atoms. The number of carbonyl (C=O) groups excluding carboxylic acids is 12. The van der Waals surface area contributed by atoms with Crippen LogP contribution in [0, 0.1) is 29.6 Å². The highest BCUT2D eigenvalue weighted by atomic mass is 16.2. The predicted molar refractivity (Wildman–Crippen MR) is 423 cm³/mol. The number of nitrogens with two attached hydrogens (primary N) is 5. The number of hydrogen-bond donors (Lipinski definition) is 17. The van der Waals surface area contributed by atoms with Gasteiger partial charge in [-0.1, -0.05) is 142 Å². The van der Waals surface area contributed by atoms with Crippen LogP contribution in [0.2, 0.25) is 0 Å². The summed E-state index contributed by atoms with van der Waals surface area (Å²) in [5, 5.41) is 32.0. The van der Waals surface area contributed by atoms with Gasteiger partial charge in [-0.15, -0.1) is 0 Å². The fraction of sp³-hybridized carbons (Fsp3) is 0.600. The van der Waals surface area contributed by atoms with Gasteiger partial charge in [-0.25, -0.2) is 0 Å². The van der Waals surface area contributed by atoms with Gasteiger partial charge in [-0.3, -0.25) is 57.5 Å². The molecule has 0 aliphatic carbocycles. The predicted octanol–water partition coefficient (Wildman–Crippen LogP) is 3.44. The highest BCUT2D eigenvalue weighted by molar-refractivity contribution is 6.01. The summed E-state index contributed by atoms with van der Waals surface area (Å²) in [6.45, 7) is 19.2. The first-order valence-corrected chi connectivity index (χ1v) is 39.0. The first kappa shape index (κ1) is 92.1. The molecule has 0 fully saturated rings. The molecule has 0 aliphatic rings. The van der Waals surface area contributed by atoms with E-state index in [4.69, 9.17) is 28.7 Å². The molecule has 29 heteroatoms. The maximum Gasteiger partial charge on any atom is 0.251 e. The molecule has 3 aromatic carbocycles. The van der Waals surface area contributed by atoms with E-state index in [1.165, 1.54) is 0 Å². The van der Waals surface area contributed by atoms with Crippen molar-refractivity contribution < 1.29 is 57.5 Å². The van der Waals surface area contributed by atoms with E-state index < -0.39 is 149 Å². The first-order chi connectivity index (χ1) is 51.9. The van der Waals surface area contributed by atoms with E-state index in [-0.39, 0.29) is 88.6 Å². The Hall–Kier alpha value is -9.32. The van der Waals surface area contributed by atoms with Crippen LogP contribution in [-0.4, -0.2) is 169 Å². The van der Waals surface area contributed by atoms with Gasteiger partial charge in [0.15, 0.2) is 0 Å². The van der Waals surface area contributed by atoms with Crippen molar-refractivity contribution in [1.82, 2.24) is 63.5 Å². The van der Waals surface area contributed by atoms with E-state index in [2.05, 4.69) is 63.5 Å². The topological polar surface area (TPSA) is 483 Å². The Morgan fingerprint density at radius 1 is 0.358 bits per heavy atom. The van der Waals surface area contributed by atoms with E-state index in [0.29, 0.717) is 82.0 Å². The summed E-state index contributed by atoms with van der Waals surface area (Å²) in [4.78, 5) is 176. The average Bonchev–Trinajstić information content (AvgIpc) is 1.74. The highest BCUT2D eigenvalue weighted by Gasteiger charge is 2.39. The summed E-state index contributed by atoms with van der Waals surface area (Å²) in [5.74, 6) is -9.74. The molecule has 1 heterocycles. The zero-order chi connectivity index (χ0) is 80.7. The first-order valence-electron chi connectivity index (χ1n) is 39.0. The fourth-order valence-corrected chi connectivity index (χ4v) is 12.7. The van der Waals surface area contributed by atoms with E-state index in [1.54, 1.807) is 87.6 Å². The molecule has 0 radical (unpaired) electrons. The third kappa shape index (κ3) is 32.4. The van der Waals surface area contributed by atoms with Crippen molar-refractivity contribution >= 4 is 81.8 Å². The number of para-hydroxylation sites is 1. The SMILES string of the molecule is CC[C@H](C)[C@H](NC(=O)[C@H](CCCCN)NC(=O)[C@H](CCCCN)NC(=O)[C@H](Cc1ccccc1)NC(=O)[C@H](CC(C)C)NC(=O)[C@H](CCCCN)NC(=O)[C@H](Cc1c[nH]c2ccccc12)NC(=O)c1ccccc1)C(=O)N[C@@H](CC(C)C)C(=O)N[C@@H](CCCCN)C(=O)N[C@H](C(=O)N[C@@H](CC(C)C)C(N)=O)C(C)C. The van der Waals surface area contributed by atoms with Crippen LogP contribution in [0.5, 0.6) is 0 Å². The molecule has 12 atom stereocenters. The van der Waals surface area contributed by atoms with Gasteiger partial charge in [-0.2, -0.15) is 0 Å². The molecule has 1 aromatic heterocycles. The smallest absolute Gasteiger partial charge is 0.251 e. The second kappa shape index (κ2) is 49.0. The lowest BCUT2D eigenvalue weighted by atomic mass is 9.95. The molecule has 0 aliphatic heterocycles. The number of benzene rings is 3. The Morgan fingerprint density at radius 3 is 1.12 bits per heavy atom. The van der Waals surface area contributed by atoms with Gasteiger partial charge in [0.2, 0.25) is 65.0 Å². The van der Waals surface area contributed by atoms with Crippen LogP contribution in [0.1, 0.15) is 193 Å². The molecule has 12 amide bonds. The maximum atomic E-state index is 15.0. The number of amides is 12. The zero-order valence-electron chi connectivity index (χ0n) is 65.7. The van der Waals surface area contributed by atoms with Gasteiger partial charge < -0.3 is 92.1 Å². The number of H-pyrrole nitrogens is 1. The van der Waals surface area contributed by atoms with Crippen LogP contribution in [0.15, 0.2) is 91.1 Å². The summed E-state index contributed by atoms with van der Waals surface area (Å²) >= 11 is 0. The van der Waals surface area contributed by atoms with Gasteiger partial charge in [0, 0.05) is 35.5 Å². The Kier molecular flexibility index (Phi) is 41.4. The van der Waals surface area contributed by atoms with Crippen molar-refractivity contribution in [2.45, 2.75) is 251 Å². The summed E-state index contributed by atoms with van der Waals surface area (Å²) in [6.07, 6.45) is 6.30. The van der Waals surface area contributed by atoms with Crippen molar-refractivity contribution in [1.29, 1.82) is 0 Å². The lowest BCUT2D eigenvalue weighted by molar-refractivity contribution is -0.137. The van der Waals surface area contributed by atoms with Crippen LogP contribution in [0.4, 0.5) is 0 Å². The molecule has 0 saturated heterocycles. The molecule has 109 heavy (non-hydrogen) atoms. The molecule has 29 nitrogen and oxygen atoms in total. The Bertz CT molecular complexity index is 3520. The highest BCUT2D eigenvalue weighted by Crippen LogP contribution is 2.22. The van der Waals surface area contributed by atoms with Crippen molar-refractivity contribution in [2.24, 2.45) is 58.3 Å². The lowest BCUT2D eigenvalue weighted by Gasteiger charge is -2.30. The Balaban J connectivity index is 1.63. The van der Waals surface area contributed by atoms with E-state index in [1.807, 2.05) is 72.7 Å². The number of aromatic nitrogens is 1. The Labute approximate surface area is 643 Å². The zero-order valence-corrected chi connectivity index (χ0v) is 65.7. The molecule has 0 saturated carbocycles. The second-order valence-electron chi connectivity index (χ2n) is 30.2. The number of aromatic amines is 1. The van der Waals surface area contributed by atoms with Gasteiger partial charge in [-0.05, 0) is 181 Å². The minimum absolute atomic E-state index is 0.0107. The summed E-state index contributed by atoms with van der Waals surface area (Å²) in [6, 6.07) is 11.3. The number of fused-ring (bicyclic) bond motifs is 1. The van der Waals surface area contributed by atoms with Crippen molar-refractivity contribution in [3.05, 3.63) is 108 Å². The molecule has 22 N–H and O–H groups in total. The van der Waals surface area contributed by atoms with Gasteiger partial charge >= 0.3 is 0 Å². The average molecular weight is 1520 g/mol. The number of primary amides is 1. The third-order valence-electron chi connectivity index (χ3n) is 19.1. The van der Waals surface area contributed by atoms with Crippen LogP contribution >= 0.6 is 0 Å². The molecule has 0 unspecified atom stereocenters. The summed E-state index contributed by atoms with van der Waals surface area (Å²) in [7, 11) is 0. The molecular formula is C80H127N17O12. The Morgan fingerprint density at radius 2 is 0.697 bits per heavy atom. The standard InChI is InChI=1S/C80H127N17O12/c1-11-52(10)68(80(109)95-64(44-50(6)7)75(104)90-60(36-22-26-40-83)73(102)96-67(51(8)9)79(108)91-62(69(85)98)42-48(2)3)97-74(103)61(37-23-27-41-84)87-71(100)58(34-20-24-38-81)88-77(106)65(45-53-28-14-12-15-29-53)94-76(105)63(43-49(4)5)93-72(101)59(35-21-25-39-82)89-78(107)66(92-70(99)54-30-16-13-17-31-54)46-55-47-86-57-33-19-18-32-56(55)57/h12-19,28-33,47-52,58-68,86H,11,20-27,34-46,81-84H2,1-10H3,(H2,85,98)(H,87,100)(H,88,106)(H,89,107)(H,90,104)(H,91,108)(H,92,99)(H,93,101)(H,94,105)(H,95,109)(H,96,102)(H,97,103)/t52-,58-,59-,60-,61-,62-,63-,64-,65-,66-,67-,68-/m0/s1. The van der Waals surface area contributed by atoms with Crippen LogP contribution in [-0.2, 0) is 65.6 Å². The molecule has 4 rings (SSSR count). The number of carbonyl (C=O) groups is 12. The molecule has 604 valence electrons. The summed E-state index contributed by atoms with van der Waals surface area (Å²) in [5.41, 5.74) is 31.8. The van der Waals surface area contributed by atoms with Crippen LogP contribution in [0.25, 0.3) is 10.9 Å². The normalized spacial score (nSPS) is 14.8. The van der Waals surface area contributed by atoms with Crippen LogP contribution < -0.4 is 87.2 Å².